The van der Waals surface area contributed by atoms with Crippen molar-refractivity contribution in [1.82, 2.24) is 0 Å². The number of hydrazone groups is 2. The zero-order valence-electron chi connectivity index (χ0n) is 47.2. The number of sulfonamides is 2. The molecule has 38 heteroatoms. The number of hydrogen-bond donors (Lipinski definition) is 10. The van der Waals surface area contributed by atoms with Crippen molar-refractivity contribution in [2.75, 3.05) is 21.5 Å². The number of aliphatic hydroxyl groups excluding tert-OH is 2. The molecule has 0 saturated heterocycles. The summed E-state index contributed by atoms with van der Waals surface area (Å²) < 4.78 is 119. The monoisotopic (exact) mass is 1370 g/mol. The molecule has 0 aromatic heterocycles. The molecular weight excluding hydrogens is 1330 g/mol. The summed E-state index contributed by atoms with van der Waals surface area (Å²) in [6, 6.07) is 29.9. The molecule has 12 N–H and O–H groups in total. The van der Waals surface area contributed by atoms with Gasteiger partial charge in [0, 0.05) is 39.9 Å². The smallest absolute Gasteiger partial charge is 0.744 e. The van der Waals surface area contributed by atoms with Gasteiger partial charge in [-0.1, -0.05) is 36.4 Å². The number of allylic oxidation sites excluding steroid dienone is 4. The summed E-state index contributed by atoms with van der Waals surface area (Å²) in [7, 11) is -19.0. The van der Waals surface area contributed by atoms with Crippen molar-refractivity contribution in [3.63, 3.8) is 0 Å². The van der Waals surface area contributed by atoms with Gasteiger partial charge in [-0.25, -0.2) is 43.9 Å². The molecule has 0 fully saturated rings. The van der Waals surface area contributed by atoms with Crippen molar-refractivity contribution >= 4 is 121 Å². The number of fused-ring (bicyclic) bond motifs is 2. The number of nitrogens with one attached hydrogen (secondary N) is 4. The molecule has 0 saturated carbocycles. The number of rotatable bonds is 16. The van der Waals surface area contributed by atoms with Gasteiger partial charge in [-0.15, -0.1) is 10.2 Å². The Morgan fingerprint density at radius 3 is 1.13 bits per heavy atom. The van der Waals surface area contributed by atoms with Crippen LogP contribution in [-0.2, 0) is 67.2 Å². The van der Waals surface area contributed by atoms with Gasteiger partial charge in [-0.2, -0.15) is 20.4 Å². The van der Waals surface area contributed by atoms with Gasteiger partial charge in [0.1, 0.15) is 54.7 Å². The van der Waals surface area contributed by atoms with Crippen LogP contribution in [0.1, 0.15) is 45.7 Å². The number of aromatic hydroxyl groups is 2. The second-order valence-corrected chi connectivity index (χ2v) is 23.4. The van der Waals surface area contributed by atoms with Crippen LogP contribution in [0.4, 0.5) is 34.1 Å². The van der Waals surface area contributed by atoms with E-state index in [1.165, 1.54) is 50.2 Å². The Kier molecular flexibility index (Phi) is 27.8. The fourth-order valence-electron chi connectivity index (χ4n) is 7.37. The molecule has 0 radical (unpaired) electrons. The molecule has 30 nitrogen and oxygen atoms in total. The molecule has 0 aliphatic heterocycles. The zero-order valence-corrected chi connectivity index (χ0v) is 57.8. The number of carbonyl (C=O) groups is 4. The maximum atomic E-state index is 13.2. The Morgan fingerprint density at radius 2 is 0.833 bits per heavy atom. The van der Waals surface area contributed by atoms with E-state index in [1.54, 1.807) is 60.7 Å². The first-order chi connectivity index (χ1) is 40.3. The minimum absolute atomic E-state index is 0. The number of hydrogen-bond acceptors (Lipinski definition) is 26. The van der Waals surface area contributed by atoms with Crippen LogP contribution in [0.3, 0.4) is 0 Å². The van der Waals surface area contributed by atoms with E-state index in [0.29, 0.717) is 11.4 Å². The summed E-state index contributed by atoms with van der Waals surface area (Å²) >= 11 is 0. The number of nitrogens with two attached hydrogens (primary N) is 2. The topological polar surface area (TPSA) is 506 Å². The van der Waals surface area contributed by atoms with E-state index >= 15 is 0 Å². The number of anilines is 4. The fraction of sp³-hybridized carbons (Fsp3) is 0.0385. The summed E-state index contributed by atoms with van der Waals surface area (Å²) in [5, 5.41) is 77.9. The average Bonchev–Trinajstić information content (AvgIpc) is 1.05. The van der Waals surface area contributed by atoms with Crippen molar-refractivity contribution in [3.05, 3.63) is 188 Å². The van der Waals surface area contributed by atoms with Gasteiger partial charge in [0.15, 0.2) is 11.4 Å². The molecule has 8 rings (SSSR count). The third-order valence-corrected chi connectivity index (χ3v) is 15.0. The summed E-state index contributed by atoms with van der Waals surface area (Å²) in [5.74, 6) is -5.46. The summed E-state index contributed by atoms with van der Waals surface area (Å²) in [6.45, 7) is 2.44. The van der Waals surface area contributed by atoms with Crippen LogP contribution in [0.5, 0.6) is 11.5 Å². The number of para-hydroxylation sites is 2. The van der Waals surface area contributed by atoms with Gasteiger partial charge in [-0.05, 0) is 134 Å². The predicted molar refractivity (Wildman–Crippen MR) is 308 cm³/mol. The van der Waals surface area contributed by atoms with Crippen molar-refractivity contribution in [3.8, 4) is 11.5 Å². The number of phenolic OH excluding ortho intramolecular Hbond substituents is 2. The Labute approximate surface area is 589 Å². The molecule has 2 aliphatic carbocycles. The molecule has 6 aromatic rings. The standard InChI is InChI=1S/2C26H22N6O9S2.Cr.3Na/c2*1-14(33)23(26(36)28-16-5-3-2-4-6-16)31-29-17-7-9-19-15(11-17)12-22(43(39,40)41)24(25(19)35)32-30-20-13-18(42(27,37)38)8-10-21(20)34;;;;/h2*2-13,30,33-34H,1H3,(H,28,36)(H2,27,37,38)(H,39,40,41);;;;/q;;;3*+1/p-2/b2*23-14-,31-29?,32-24?;;;;. The molecule has 6 aromatic carbocycles. The van der Waals surface area contributed by atoms with E-state index in [-0.39, 0.29) is 151 Å². The molecule has 2 aliphatic rings. The second-order valence-electron chi connectivity index (χ2n) is 17.6. The van der Waals surface area contributed by atoms with Crippen LogP contribution in [0, 0.1) is 0 Å². The fourth-order valence-corrected chi connectivity index (χ4v) is 9.74. The van der Waals surface area contributed by atoms with Gasteiger partial charge in [0.05, 0.1) is 42.4 Å². The maximum absolute atomic E-state index is 13.2. The van der Waals surface area contributed by atoms with Crippen LogP contribution in [0.25, 0.3) is 12.2 Å². The largest absolute Gasteiger partial charge is 1.00 e. The van der Waals surface area contributed by atoms with Gasteiger partial charge < -0.3 is 40.2 Å². The van der Waals surface area contributed by atoms with Crippen molar-refractivity contribution in [2.24, 2.45) is 40.9 Å². The van der Waals surface area contributed by atoms with Gasteiger partial charge in [-0.3, -0.25) is 30.0 Å². The van der Waals surface area contributed by atoms with Crippen LogP contribution in [0.15, 0.2) is 207 Å². The number of carbonyl (C=O) groups excluding carboxylic acids is 4. The number of amides is 2. The van der Waals surface area contributed by atoms with Gasteiger partial charge in [0.2, 0.25) is 31.6 Å². The van der Waals surface area contributed by atoms with E-state index in [4.69, 9.17) is 10.3 Å². The van der Waals surface area contributed by atoms with Gasteiger partial charge >= 0.3 is 88.7 Å². The SMILES string of the molecule is C/C(O)=C(/N=Nc1ccc2c(c1)C=C(S(=O)(=O)[O-])C(=NNc1cc(S(N)(=O)=O)ccc1O)C2=O)C(=O)Nc1ccccc1.C/C(O)=C(/N=Nc1ccc2c(c1)C=C(S(=O)(=O)[O-])C(=NNc1cc(S(N)(=O)=O)ccc1O)C2=O)C(=O)Nc1ccccc1.[Cr].[Na+].[Na+].[Na+]. The minimum atomic E-state index is -5.29. The number of primary sulfonamides is 2. The Bertz CT molecular complexity index is 4280. The van der Waals surface area contributed by atoms with E-state index in [2.05, 4.69) is 52.1 Å². The zero-order chi connectivity index (χ0) is 63.1. The van der Waals surface area contributed by atoms with Crippen LogP contribution >= 0.6 is 0 Å². The van der Waals surface area contributed by atoms with E-state index < -0.39 is 129 Å². The quantitative estimate of drug-likeness (QED) is 0.00891. The first-order valence-corrected chi connectivity index (χ1v) is 29.7. The first kappa shape index (κ1) is 77.3. The normalized spacial score (nSPS) is 14.4. The molecule has 0 unspecified atom stereocenters. The first-order valence-electron chi connectivity index (χ1n) is 23.8. The van der Waals surface area contributed by atoms with Crippen molar-refractivity contribution in [2.45, 2.75) is 23.6 Å². The third-order valence-electron chi connectivity index (χ3n) is 11.4. The number of ketones is 2. The molecule has 0 atom stereocenters. The second kappa shape index (κ2) is 32.4. The molecule has 0 bridgehead atoms. The summed E-state index contributed by atoms with van der Waals surface area (Å²) in [4.78, 5) is 48.7. The molecule has 450 valence electrons. The Morgan fingerprint density at radius 1 is 0.500 bits per heavy atom. The molecule has 0 spiro atoms. The number of benzene rings is 6. The maximum Gasteiger partial charge on any atom is 1.00 e. The van der Waals surface area contributed by atoms with Crippen LogP contribution < -0.4 is 120 Å². The van der Waals surface area contributed by atoms with Crippen molar-refractivity contribution < 1.29 is 188 Å². The number of nitrogens with zero attached hydrogens (tertiary/aromatic N) is 6. The van der Waals surface area contributed by atoms with Crippen molar-refractivity contribution in [1.29, 1.82) is 0 Å². The minimum Gasteiger partial charge on any atom is -0.744 e. The summed E-state index contributed by atoms with van der Waals surface area (Å²) in [5.41, 5.74) is 1.81. The summed E-state index contributed by atoms with van der Waals surface area (Å²) in [6.07, 6.45) is 1.74. The van der Waals surface area contributed by atoms with E-state index in [9.17, 15) is 82.4 Å². The molecule has 0 heterocycles. The number of phenols is 2. The van der Waals surface area contributed by atoms with E-state index in [1.807, 2.05) is 0 Å². The number of azo groups is 2. The number of aliphatic hydroxyl groups is 2. The Hall–Kier alpha value is -6.93. The molecule has 2 amide bonds. The van der Waals surface area contributed by atoms with Gasteiger partial charge in [0.25, 0.3) is 11.8 Å². The molecular formula is C52H42CrN12Na3O18S4+. The Balaban J connectivity index is 0.000000450. The van der Waals surface area contributed by atoms with Crippen LogP contribution in [-0.4, -0.2) is 98.0 Å². The van der Waals surface area contributed by atoms with Crippen LogP contribution in [0.2, 0.25) is 0 Å². The predicted octanol–water partition coefficient (Wildman–Crippen LogP) is -2.79. The average molecular weight is 1370 g/mol. The third kappa shape index (κ3) is 20.0. The number of Topliss-reactive ketones (excluding diaryl/α,β-unsaturated/α-hetero) is 2. The molecule has 90 heavy (non-hydrogen) atoms. The van der Waals surface area contributed by atoms with E-state index in [0.717, 1.165) is 48.6 Å².